The fraction of sp³-hybridized carbons (Fsp3) is 0.455. The lowest BCUT2D eigenvalue weighted by Gasteiger charge is -2.15. The van der Waals surface area contributed by atoms with Gasteiger partial charge in [-0.25, -0.2) is 0 Å². The number of hydrogen-bond donors (Lipinski definition) is 1. The van der Waals surface area contributed by atoms with E-state index in [-0.39, 0.29) is 0 Å². The minimum absolute atomic E-state index is 0.842. The average molecular weight is 193 g/mol. The first-order valence-electron chi connectivity index (χ1n) is 5.16. The molecule has 0 saturated heterocycles. The van der Waals surface area contributed by atoms with Crippen molar-refractivity contribution >= 4 is 14.1 Å². The van der Waals surface area contributed by atoms with E-state index in [4.69, 9.17) is 0 Å². The second kappa shape index (κ2) is 5.94. The molecule has 1 atom stereocenters. The Bertz CT molecular complexity index is 217. The molecule has 1 N–H and O–H groups in total. The van der Waals surface area contributed by atoms with Crippen molar-refractivity contribution in [3.05, 3.63) is 30.3 Å². The van der Waals surface area contributed by atoms with Gasteiger partial charge in [0.2, 0.25) is 0 Å². The van der Waals surface area contributed by atoms with Crippen LogP contribution < -0.4 is 10.2 Å². The first-order chi connectivity index (χ1) is 6.38. The molecule has 1 nitrogen and oxygen atoms in total. The van der Waals surface area contributed by atoms with E-state index in [1.807, 2.05) is 0 Å². The zero-order valence-electron chi connectivity index (χ0n) is 8.59. The van der Waals surface area contributed by atoms with E-state index in [1.54, 1.807) is 5.19 Å². The maximum Gasteiger partial charge on any atom is 0.141 e. The van der Waals surface area contributed by atoms with Crippen molar-refractivity contribution in [2.45, 2.75) is 26.3 Å². The summed E-state index contributed by atoms with van der Waals surface area (Å²) >= 11 is 0. The van der Waals surface area contributed by atoms with Gasteiger partial charge in [-0.05, 0) is 17.8 Å². The van der Waals surface area contributed by atoms with E-state index in [9.17, 15) is 0 Å². The topological polar surface area (TPSA) is 12.0 Å². The molecular weight excluding hydrogens is 174 g/mol. The van der Waals surface area contributed by atoms with Crippen molar-refractivity contribution < 1.29 is 0 Å². The van der Waals surface area contributed by atoms with E-state index in [2.05, 4.69) is 49.2 Å². The lowest BCUT2D eigenvalue weighted by Crippen LogP contribution is -2.44. The minimum atomic E-state index is -0.842. The third-order valence-electron chi connectivity index (χ3n) is 2.23. The van der Waals surface area contributed by atoms with Gasteiger partial charge in [0, 0.05) is 0 Å². The third-order valence-corrected chi connectivity index (χ3v) is 5.48. The zero-order valence-corrected chi connectivity index (χ0v) is 9.74. The summed E-state index contributed by atoms with van der Waals surface area (Å²) in [5, 5.41) is 1.55. The van der Waals surface area contributed by atoms with Crippen molar-refractivity contribution in [2.24, 2.45) is 0 Å². The summed E-state index contributed by atoms with van der Waals surface area (Å²) in [6, 6.07) is 12.2. The van der Waals surface area contributed by atoms with Crippen LogP contribution in [-0.2, 0) is 0 Å². The summed E-state index contributed by atoms with van der Waals surface area (Å²) in [5.41, 5.74) is 0. The van der Waals surface area contributed by atoms with Crippen molar-refractivity contribution in [3.63, 3.8) is 0 Å². The van der Waals surface area contributed by atoms with Gasteiger partial charge < -0.3 is 4.98 Å². The Labute approximate surface area is 82.9 Å². The first kappa shape index (κ1) is 10.5. The third kappa shape index (κ3) is 3.33. The normalized spacial score (nSPS) is 12.8. The molecule has 13 heavy (non-hydrogen) atoms. The van der Waals surface area contributed by atoms with Gasteiger partial charge in [0.15, 0.2) is 0 Å². The van der Waals surface area contributed by atoms with Gasteiger partial charge in [0.25, 0.3) is 0 Å². The van der Waals surface area contributed by atoms with E-state index in [0.717, 1.165) is 6.54 Å². The molecule has 0 aromatic heterocycles. The quantitative estimate of drug-likeness (QED) is 0.701. The van der Waals surface area contributed by atoms with Gasteiger partial charge in [-0.2, -0.15) is 0 Å². The Morgan fingerprint density at radius 2 is 1.85 bits per heavy atom. The molecule has 1 unspecified atom stereocenters. The van der Waals surface area contributed by atoms with Crippen LogP contribution in [0.5, 0.6) is 0 Å². The highest BCUT2D eigenvalue weighted by atomic mass is 28.3. The van der Waals surface area contributed by atoms with Crippen LogP contribution in [-0.4, -0.2) is 15.5 Å². The molecule has 0 spiro atoms. The molecule has 0 aliphatic rings. The standard InChI is InChI=1S/C11H19NSi/c1-3-10-13(12-4-2)11-8-6-5-7-9-11/h5-9,12-13H,3-4,10H2,1-2H3. The predicted octanol–water partition coefficient (Wildman–Crippen LogP) is 1.64. The molecule has 0 saturated carbocycles. The van der Waals surface area contributed by atoms with Crippen LogP contribution in [0.25, 0.3) is 0 Å². The summed E-state index contributed by atoms with van der Waals surface area (Å²) in [6.07, 6.45) is 1.29. The summed E-state index contributed by atoms with van der Waals surface area (Å²) in [4.78, 5) is 3.64. The first-order valence-corrected chi connectivity index (χ1v) is 7.14. The molecule has 1 aromatic rings. The van der Waals surface area contributed by atoms with E-state index < -0.39 is 8.96 Å². The smallest absolute Gasteiger partial charge is 0.141 e. The van der Waals surface area contributed by atoms with E-state index in [0.29, 0.717) is 0 Å². The zero-order chi connectivity index (χ0) is 9.52. The molecule has 0 amide bonds. The van der Waals surface area contributed by atoms with E-state index >= 15 is 0 Å². The second-order valence-corrected chi connectivity index (χ2v) is 6.07. The largest absolute Gasteiger partial charge is 0.336 e. The van der Waals surface area contributed by atoms with Crippen molar-refractivity contribution in [1.82, 2.24) is 4.98 Å². The molecule has 0 radical (unpaired) electrons. The van der Waals surface area contributed by atoms with Crippen LogP contribution in [0, 0.1) is 0 Å². The Hall–Kier alpha value is -0.603. The highest BCUT2D eigenvalue weighted by Gasteiger charge is 2.09. The molecule has 0 heterocycles. The maximum atomic E-state index is 3.64. The highest BCUT2D eigenvalue weighted by Crippen LogP contribution is 1.95. The van der Waals surface area contributed by atoms with Gasteiger partial charge in [-0.15, -0.1) is 0 Å². The molecule has 2 heteroatoms. The van der Waals surface area contributed by atoms with Crippen LogP contribution in [0.15, 0.2) is 30.3 Å². The van der Waals surface area contributed by atoms with Gasteiger partial charge in [0.05, 0.1) is 0 Å². The Balaban J connectivity index is 2.64. The van der Waals surface area contributed by atoms with Gasteiger partial charge in [-0.3, -0.25) is 0 Å². The molecule has 1 aromatic carbocycles. The second-order valence-electron chi connectivity index (χ2n) is 3.31. The van der Waals surface area contributed by atoms with E-state index in [1.165, 1.54) is 12.5 Å². The molecule has 0 aliphatic carbocycles. The molecule has 0 fully saturated rings. The molecular formula is C11H19NSi. The fourth-order valence-electron chi connectivity index (χ4n) is 1.61. The molecule has 1 rings (SSSR count). The number of benzene rings is 1. The van der Waals surface area contributed by atoms with Crippen LogP contribution in [0.4, 0.5) is 0 Å². The summed E-state index contributed by atoms with van der Waals surface area (Å²) in [7, 11) is -0.842. The van der Waals surface area contributed by atoms with Gasteiger partial charge in [0.1, 0.15) is 8.96 Å². The average Bonchev–Trinajstić information content (AvgIpc) is 2.19. The van der Waals surface area contributed by atoms with Crippen LogP contribution in [0.1, 0.15) is 20.3 Å². The monoisotopic (exact) mass is 193 g/mol. The number of hydrogen-bond acceptors (Lipinski definition) is 1. The van der Waals surface area contributed by atoms with Crippen molar-refractivity contribution in [3.8, 4) is 0 Å². The van der Waals surface area contributed by atoms with Crippen molar-refractivity contribution in [1.29, 1.82) is 0 Å². The number of nitrogens with one attached hydrogen (secondary N) is 1. The lowest BCUT2D eigenvalue weighted by molar-refractivity contribution is 0.953. The maximum absolute atomic E-state index is 3.64. The van der Waals surface area contributed by atoms with Crippen LogP contribution in [0.2, 0.25) is 6.04 Å². The summed E-state index contributed by atoms with van der Waals surface area (Å²) < 4.78 is 0. The summed E-state index contributed by atoms with van der Waals surface area (Å²) in [6.45, 7) is 5.56. The Morgan fingerprint density at radius 1 is 1.15 bits per heavy atom. The van der Waals surface area contributed by atoms with Crippen molar-refractivity contribution in [2.75, 3.05) is 6.54 Å². The SMILES string of the molecule is CCC[SiH](NCC)c1ccccc1. The minimum Gasteiger partial charge on any atom is -0.336 e. The molecule has 72 valence electrons. The highest BCUT2D eigenvalue weighted by molar-refractivity contribution is 6.70. The molecule has 0 aliphatic heterocycles. The fourth-order valence-corrected chi connectivity index (χ4v) is 4.14. The predicted molar refractivity (Wildman–Crippen MR) is 62.0 cm³/mol. The van der Waals surface area contributed by atoms with Crippen LogP contribution in [0.3, 0.4) is 0 Å². The number of rotatable bonds is 5. The molecule has 0 bridgehead atoms. The van der Waals surface area contributed by atoms with Gasteiger partial charge >= 0.3 is 0 Å². The summed E-state index contributed by atoms with van der Waals surface area (Å²) in [5.74, 6) is 0. The Kier molecular flexibility index (Phi) is 4.79. The van der Waals surface area contributed by atoms with Crippen LogP contribution >= 0.6 is 0 Å². The van der Waals surface area contributed by atoms with Gasteiger partial charge in [-0.1, -0.05) is 50.6 Å². The lowest BCUT2D eigenvalue weighted by atomic mass is 10.4. The Morgan fingerprint density at radius 3 is 2.38 bits per heavy atom.